The molecule has 2 aromatic carbocycles. The molecular weight excluding hydrogens is 388 g/mol. The normalized spacial score (nSPS) is 32.1. The minimum atomic E-state index is -0.213. The molecule has 2 saturated carbocycles. The summed E-state index contributed by atoms with van der Waals surface area (Å²) in [7, 11) is 0. The zero-order valence-corrected chi connectivity index (χ0v) is 17.5. The van der Waals surface area contributed by atoms with Crippen LogP contribution in [0.2, 0.25) is 0 Å². The molecule has 1 saturated heterocycles. The molecule has 3 amide bonds. The Labute approximate surface area is 181 Å². The van der Waals surface area contributed by atoms with Gasteiger partial charge in [-0.15, -0.1) is 0 Å². The van der Waals surface area contributed by atoms with Crippen LogP contribution in [0, 0.1) is 49.4 Å². The summed E-state index contributed by atoms with van der Waals surface area (Å²) in [5.74, 6) is 0.813. The van der Waals surface area contributed by atoms with E-state index in [2.05, 4.69) is 17.5 Å². The number of nitrogens with one attached hydrogen (secondary N) is 1. The van der Waals surface area contributed by atoms with E-state index in [1.807, 2.05) is 32.0 Å². The van der Waals surface area contributed by atoms with Crippen molar-refractivity contribution in [2.75, 3.05) is 10.2 Å². The van der Waals surface area contributed by atoms with Gasteiger partial charge in [0.2, 0.25) is 11.8 Å². The molecule has 1 aliphatic heterocycles. The maximum absolute atomic E-state index is 13.2. The van der Waals surface area contributed by atoms with Crippen molar-refractivity contribution in [2.45, 2.75) is 20.3 Å². The van der Waals surface area contributed by atoms with Gasteiger partial charge < -0.3 is 5.32 Å². The Morgan fingerprint density at radius 2 is 1.52 bits per heavy atom. The van der Waals surface area contributed by atoms with E-state index in [4.69, 9.17) is 0 Å². The molecule has 5 heteroatoms. The van der Waals surface area contributed by atoms with Gasteiger partial charge in [0, 0.05) is 11.3 Å². The molecule has 2 bridgehead atoms. The molecule has 5 aliphatic rings. The Bertz CT molecular complexity index is 1130. The first kappa shape index (κ1) is 18.6. The maximum Gasteiger partial charge on any atom is 0.255 e. The summed E-state index contributed by atoms with van der Waals surface area (Å²) >= 11 is 0. The number of amides is 3. The summed E-state index contributed by atoms with van der Waals surface area (Å²) in [4.78, 5) is 40.5. The van der Waals surface area contributed by atoms with Crippen LogP contribution in [-0.4, -0.2) is 17.7 Å². The van der Waals surface area contributed by atoms with Crippen LogP contribution in [0.3, 0.4) is 0 Å². The zero-order chi connectivity index (χ0) is 21.4. The number of hydrogen-bond donors (Lipinski definition) is 1. The second-order valence-corrected chi connectivity index (χ2v) is 9.49. The van der Waals surface area contributed by atoms with Gasteiger partial charge in [0.1, 0.15) is 0 Å². The zero-order valence-electron chi connectivity index (χ0n) is 17.5. The average molecular weight is 412 g/mol. The van der Waals surface area contributed by atoms with Crippen LogP contribution in [-0.2, 0) is 9.59 Å². The predicted molar refractivity (Wildman–Crippen MR) is 118 cm³/mol. The van der Waals surface area contributed by atoms with Gasteiger partial charge in [0.25, 0.3) is 5.91 Å². The number of aryl methyl sites for hydroxylation is 2. The first-order valence-corrected chi connectivity index (χ1v) is 11.0. The third kappa shape index (κ3) is 2.65. The second-order valence-electron chi connectivity index (χ2n) is 9.49. The van der Waals surface area contributed by atoms with Crippen molar-refractivity contribution in [1.29, 1.82) is 0 Å². The van der Waals surface area contributed by atoms with E-state index in [1.54, 1.807) is 24.3 Å². The molecule has 5 nitrogen and oxygen atoms in total. The van der Waals surface area contributed by atoms with Crippen LogP contribution in [0.25, 0.3) is 0 Å². The number of hydrogen-bond acceptors (Lipinski definition) is 3. The van der Waals surface area contributed by atoms with Crippen LogP contribution in [0.5, 0.6) is 0 Å². The van der Waals surface area contributed by atoms with E-state index >= 15 is 0 Å². The van der Waals surface area contributed by atoms with Gasteiger partial charge in [-0.05, 0) is 85.4 Å². The molecule has 1 heterocycles. The molecule has 6 atom stereocenters. The summed E-state index contributed by atoms with van der Waals surface area (Å²) in [5, 5.41) is 2.95. The Kier molecular flexibility index (Phi) is 3.83. The minimum absolute atomic E-state index is 0.0766. The number of benzene rings is 2. The highest BCUT2D eigenvalue weighted by Crippen LogP contribution is 2.65. The number of carbonyl (C=O) groups excluding carboxylic acids is 3. The first-order chi connectivity index (χ1) is 14.9. The fourth-order valence-corrected chi connectivity index (χ4v) is 6.04. The summed E-state index contributed by atoms with van der Waals surface area (Å²) in [6.07, 6.45) is 5.50. The highest BCUT2D eigenvalue weighted by atomic mass is 16.2. The number of anilines is 2. The van der Waals surface area contributed by atoms with E-state index in [-0.39, 0.29) is 41.4 Å². The summed E-state index contributed by atoms with van der Waals surface area (Å²) < 4.78 is 0. The molecule has 0 radical (unpaired) electrons. The van der Waals surface area contributed by atoms with Crippen LogP contribution >= 0.6 is 0 Å². The lowest BCUT2D eigenvalue weighted by Crippen LogP contribution is -2.40. The lowest BCUT2D eigenvalue weighted by Gasteiger charge is -2.37. The molecule has 0 spiro atoms. The van der Waals surface area contributed by atoms with Gasteiger partial charge in [0.15, 0.2) is 0 Å². The van der Waals surface area contributed by atoms with Gasteiger partial charge in [-0.3, -0.25) is 19.3 Å². The van der Waals surface area contributed by atoms with Crippen molar-refractivity contribution >= 4 is 29.1 Å². The van der Waals surface area contributed by atoms with Crippen molar-refractivity contribution in [3.8, 4) is 0 Å². The fraction of sp³-hybridized carbons (Fsp3) is 0.346. The highest BCUT2D eigenvalue weighted by Gasteiger charge is 2.67. The SMILES string of the molecule is Cc1ccc(C)c(NC(=O)c2ccc(N3C(=O)[C@@H]4[C@H]5C=C[C@@H]([C@@H]6C[C@H]56)[C@@H]4C3=O)cc2)c1. The van der Waals surface area contributed by atoms with Gasteiger partial charge >= 0.3 is 0 Å². The van der Waals surface area contributed by atoms with Gasteiger partial charge in [-0.1, -0.05) is 24.3 Å². The standard InChI is InChI=1S/C26H24N2O3/c1-13-3-4-14(2)21(11-13)27-24(29)15-5-7-16(8-6-15)28-25(30)22-17-9-10-18(20-12-19(17)20)23(22)26(28)31/h3-11,17-20,22-23H,12H2,1-2H3,(H,27,29)/t17-,18-,19-,20+,22-,23+/m0/s1. The van der Waals surface area contributed by atoms with Crippen molar-refractivity contribution in [3.05, 3.63) is 71.3 Å². The lowest BCUT2D eigenvalue weighted by atomic mass is 9.63. The van der Waals surface area contributed by atoms with E-state index in [0.29, 0.717) is 23.1 Å². The van der Waals surface area contributed by atoms with E-state index in [0.717, 1.165) is 23.2 Å². The predicted octanol–water partition coefficient (Wildman–Crippen LogP) is 4.11. The molecule has 1 N–H and O–H groups in total. The summed E-state index contributed by atoms with van der Waals surface area (Å²) in [6, 6.07) is 12.7. The molecule has 0 aromatic heterocycles. The molecule has 7 rings (SSSR count). The maximum atomic E-state index is 13.2. The molecule has 0 unspecified atom stereocenters. The number of allylic oxidation sites excluding steroid dienone is 2. The molecular formula is C26H24N2O3. The first-order valence-electron chi connectivity index (χ1n) is 11.0. The van der Waals surface area contributed by atoms with Crippen molar-refractivity contribution < 1.29 is 14.4 Å². The Morgan fingerprint density at radius 1 is 0.903 bits per heavy atom. The van der Waals surface area contributed by atoms with E-state index in [9.17, 15) is 14.4 Å². The molecule has 2 aromatic rings. The van der Waals surface area contributed by atoms with Gasteiger partial charge in [-0.2, -0.15) is 0 Å². The number of nitrogens with zero attached hydrogens (tertiary/aromatic N) is 1. The topological polar surface area (TPSA) is 66.5 Å². The van der Waals surface area contributed by atoms with Crippen molar-refractivity contribution in [2.24, 2.45) is 35.5 Å². The summed E-state index contributed by atoms with van der Waals surface area (Å²) in [5.41, 5.74) is 3.90. The van der Waals surface area contributed by atoms with Crippen LogP contribution in [0.1, 0.15) is 27.9 Å². The molecule has 156 valence electrons. The smallest absolute Gasteiger partial charge is 0.255 e. The average Bonchev–Trinajstić information content (AvgIpc) is 3.54. The van der Waals surface area contributed by atoms with E-state index < -0.39 is 0 Å². The second kappa shape index (κ2) is 6.39. The Hall–Kier alpha value is -3.21. The number of rotatable bonds is 3. The minimum Gasteiger partial charge on any atom is -0.322 e. The highest BCUT2D eigenvalue weighted by molar-refractivity contribution is 6.22. The number of carbonyl (C=O) groups is 3. The van der Waals surface area contributed by atoms with Crippen molar-refractivity contribution in [1.82, 2.24) is 0 Å². The quantitative estimate of drug-likeness (QED) is 0.609. The fourth-order valence-electron chi connectivity index (χ4n) is 6.04. The Morgan fingerprint density at radius 3 is 2.13 bits per heavy atom. The molecule has 4 aliphatic carbocycles. The molecule has 3 fully saturated rings. The monoisotopic (exact) mass is 412 g/mol. The summed E-state index contributed by atoms with van der Waals surface area (Å²) in [6.45, 7) is 3.94. The van der Waals surface area contributed by atoms with Crippen LogP contribution in [0.15, 0.2) is 54.6 Å². The third-order valence-electron chi connectivity index (χ3n) is 7.69. The Balaban J connectivity index is 1.23. The molecule has 31 heavy (non-hydrogen) atoms. The van der Waals surface area contributed by atoms with E-state index in [1.165, 1.54) is 4.90 Å². The van der Waals surface area contributed by atoms with Crippen LogP contribution in [0.4, 0.5) is 11.4 Å². The lowest BCUT2D eigenvalue weighted by molar-refractivity contribution is -0.124. The van der Waals surface area contributed by atoms with Gasteiger partial charge in [-0.25, -0.2) is 0 Å². The number of imide groups is 1. The van der Waals surface area contributed by atoms with Crippen molar-refractivity contribution in [3.63, 3.8) is 0 Å². The van der Waals surface area contributed by atoms with Gasteiger partial charge in [0.05, 0.1) is 17.5 Å². The van der Waals surface area contributed by atoms with Crippen LogP contribution < -0.4 is 10.2 Å². The largest absolute Gasteiger partial charge is 0.322 e. The third-order valence-corrected chi connectivity index (χ3v) is 7.69.